The Morgan fingerprint density at radius 1 is 1.23 bits per heavy atom. The number of hydrogen-bond donors (Lipinski definition) is 3. The van der Waals surface area contributed by atoms with Gasteiger partial charge in [0.25, 0.3) is 5.91 Å². The van der Waals surface area contributed by atoms with Crippen molar-refractivity contribution in [2.24, 2.45) is 5.10 Å². The molecule has 3 N–H and O–H groups in total. The number of benzene rings is 2. The lowest BCUT2D eigenvalue weighted by Crippen LogP contribution is -2.17. The SMILES string of the molecule is O=C(N/N=C\c1ccc(O)c(I)c1)c1cc(Br)cc(Br)c1O. The largest absolute Gasteiger partial charge is 0.507 e. The van der Waals surface area contributed by atoms with Gasteiger partial charge in [-0.05, 0) is 74.4 Å². The number of hydrazone groups is 1. The highest BCUT2D eigenvalue weighted by atomic mass is 127. The van der Waals surface area contributed by atoms with Gasteiger partial charge in [0.05, 0.1) is 19.8 Å². The molecular weight excluding hydrogens is 531 g/mol. The smallest absolute Gasteiger partial charge is 0.275 e. The maximum absolute atomic E-state index is 12.0. The lowest BCUT2D eigenvalue weighted by atomic mass is 10.2. The Balaban J connectivity index is 2.13. The van der Waals surface area contributed by atoms with Crippen LogP contribution in [0.15, 0.2) is 44.4 Å². The second-order valence-electron chi connectivity index (χ2n) is 4.19. The first kappa shape index (κ1) is 17.2. The van der Waals surface area contributed by atoms with Crippen LogP contribution in [-0.4, -0.2) is 22.3 Å². The molecule has 2 aromatic rings. The minimum Gasteiger partial charge on any atom is -0.507 e. The van der Waals surface area contributed by atoms with Gasteiger partial charge in [0.1, 0.15) is 11.5 Å². The van der Waals surface area contributed by atoms with Crippen LogP contribution in [0, 0.1) is 3.57 Å². The topological polar surface area (TPSA) is 81.9 Å². The van der Waals surface area contributed by atoms with Gasteiger partial charge < -0.3 is 10.2 Å². The normalized spacial score (nSPS) is 10.9. The van der Waals surface area contributed by atoms with E-state index in [0.717, 1.165) is 5.56 Å². The standard InChI is InChI=1S/C14H9Br2IN2O3/c15-8-4-9(13(21)10(16)5-8)14(22)19-18-6-7-1-2-12(20)11(17)3-7/h1-6,20-21H,(H,19,22)/b18-6-. The summed E-state index contributed by atoms with van der Waals surface area (Å²) in [5.74, 6) is -0.509. The minimum atomic E-state index is -0.538. The summed E-state index contributed by atoms with van der Waals surface area (Å²) in [6, 6.07) is 8.06. The van der Waals surface area contributed by atoms with Gasteiger partial charge in [-0.15, -0.1) is 0 Å². The van der Waals surface area contributed by atoms with Crippen molar-refractivity contribution in [3.8, 4) is 11.5 Å². The Morgan fingerprint density at radius 2 is 1.95 bits per heavy atom. The van der Waals surface area contributed by atoms with Crippen LogP contribution in [0.2, 0.25) is 0 Å². The fourth-order valence-corrected chi connectivity index (χ4v) is 3.33. The second kappa shape index (κ2) is 7.42. The molecule has 0 saturated carbocycles. The van der Waals surface area contributed by atoms with Crippen molar-refractivity contribution >= 4 is 66.6 Å². The summed E-state index contributed by atoms with van der Waals surface area (Å²) in [4.78, 5) is 12.0. The number of carbonyl (C=O) groups excluding carboxylic acids is 1. The molecule has 0 aliphatic carbocycles. The molecule has 2 aromatic carbocycles. The number of carbonyl (C=O) groups is 1. The Kier molecular flexibility index (Phi) is 5.81. The molecule has 0 spiro atoms. The predicted octanol–water partition coefficient (Wildman–Crippen LogP) is 3.99. The van der Waals surface area contributed by atoms with Crippen molar-refractivity contribution in [1.29, 1.82) is 0 Å². The molecule has 22 heavy (non-hydrogen) atoms. The lowest BCUT2D eigenvalue weighted by molar-refractivity contribution is 0.0952. The Bertz CT molecular complexity index is 766. The van der Waals surface area contributed by atoms with Crippen LogP contribution in [0.3, 0.4) is 0 Å². The number of phenols is 2. The third-order valence-electron chi connectivity index (χ3n) is 2.62. The first-order valence-corrected chi connectivity index (χ1v) is 8.55. The van der Waals surface area contributed by atoms with E-state index < -0.39 is 5.91 Å². The van der Waals surface area contributed by atoms with E-state index in [9.17, 15) is 15.0 Å². The number of aromatic hydroxyl groups is 2. The average molecular weight is 540 g/mol. The number of amides is 1. The molecule has 0 unspecified atom stereocenters. The van der Waals surface area contributed by atoms with Crippen LogP contribution in [0.5, 0.6) is 11.5 Å². The van der Waals surface area contributed by atoms with Gasteiger partial charge in [0.15, 0.2) is 0 Å². The number of hydrogen-bond acceptors (Lipinski definition) is 4. The molecule has 0 heterocycles. The highest BCUT2D eigenvalue weighted by molar-refractivity contribution is 14.1. The van der Waals surface area contributed by atoms with Crippen LogP contribution in [0.1, 0.15) is 15.9 Å². The number of nitrogens with one attached hydrogen (secondary N) is 1. The van der Waals surface area contributed by atoms with E-state index >= 15 is 0 Å². The molecule has 0 atom stereocenters. The van der Waals surface area contributed by atoms with E-state index in [2.05, 4.69) is 42.4 Å². The van der Waals surface area contributed by atoms with Crippen molar-refractivity contribution in [2.45, 2.75) is 0 Å². The number of halogens is 3. The molecule has 0 aliphatic rings. The van der Waals surface area contributed by atoms with Gasteiger partial charge in [0, 0.05) is 4.47 Å². The molecule has 0 radical (unpaired) electrons. The maximum Gasteiger partial charge on any atom is 0.275 e. The zero-order valence-electron chi connectivity index (χ0n) is 10.8. The molecular formula is C14H9Br2IN2O3. The maximum atomic E-state index is 12.0. The van der Waals surface area contributed by atoms with Crippen LogP contribution < -0.4 is 5.43 Å². The third-order valence-corrected chi connectivity index (χ3v) is 4.55. The Labute approximate surface area is 156 Å². The van der Waals surface area contributed by atoms with E-state index in [1.807, 2.05) is 22.6 Å². The van der Waals surface area contributed by atoms with Crippen LogP contribution >= 0.6 is 54.5 Å². The lowest BCUT2D eigenvalue weighted by Gasteiger charge is -2.06. The fraction of sp³-hybridized carbons (Fsp3) is 0. The van der Waals surface area contributed by atoms with Gasteiger partial charge in [-0.3, -0.25) is 4.79 Å². The number of nitrogens with zero attached hydrogens (tertiary/aromatic N) is 1. The molecule has 0 aliphatic heterocycles. The summed E-state index contributed by atoms with van der Waals surface area (Å²) >= 11 is 8.41. The molecule has 114 valence electrons. The Morgan fingerprint density at radius 3 is 2.64 bits per heavy atom. The van der Waals surface area contributed by atoms with Crippen molar-refractivity contribution < 1.29 is 15.0 Å². The van der Waals surface area contributed by atoms with Crippen LogP contribution in [0.4, 0.5) is 0 Å². The van der Waals surface area contributed by atoms with E-state index in [-0.39, 0.29) is 17.1 Å². The molecule has 0 bridgehead atoms. The van der Waals surface area contributed by atoms with Gasteiger partial charge in [-0.1, -0.05) is 15.9 Å². The fourth-order valence-electron chi connectivity index (χ4n) is 1.57. The molecule has 5 nitrogen and oxygen atoms in total. The predicted molar refractivity (Wildman–Crippen MR) is 99.4 cm³/mol. The molecule has 0 aromatic heterocycles. The number of phenolic OH excluding ortho intramolecular Hbond substituents is 2. The highest BCUT2D eigenvalue weighted by Crippen LogP contribution is 2.31. The summed E-state index contributed by atoms with van der Waals surface area (Å²) in [7, 11) is 0. The quantitative estimate of drug-likeness (QED) is 0.313. The van der Waals surface area contributed by atoms with Crippen LogP contribution in [0.25, 0.3) is 0 Å². The first-order chi connectivity index (χ1) is 10.4. The molecule has 2 rings (SSSR count). The highest BCUT2D eigenvalue weighted by Gasteiger charge is 2.14. The Hall–Kier alpha value is -1.13. The van der Waals surface area contributed by atoms with Gasteiger partial charge in [-0.2, -0.15) is 5.10 Å². The van der Waals surface area contributed by atoms with Gasteiger partial charge in [-0.25, -0.2) is 5.43 Å². The third kappa shape index (κ3) is 4.20. The van der Waals surface area contributed by atoms with E-state index in [4.69, 9.17) is 0 Å². The van der Waals surface area contributed by atoms with Crippen molar-refractivity contribution in [1.82, 2.24) is 5.43 Å². The average Bonchev–Trinajstić information content (AvgIpc) is 2.46. The zero-order chi connectivity index (χ0) is 16.3. The van der Waals surface area contributed by atoms with Crippen molar-refractivity contribution in [2.75, 3.05) is 0 Å². The van der Waals surface area contributed by atoms with Crippen LogP contribution in [-0.2, 0) is 0 Å². The summed E-state index contributed by atoms with van der Waals surface area (Å²) in [6.45, 7) is 0. The van der Waals surface area contributed by atoms with E-state index in [0.29, 0.717) is 12.5 Å². The van der Waals surface area contributed by atoms with Gasteiger partial charge >= 0.3 is 0 Å². The molecule has 0 fully saturated rings. The van der Waals surface area contributed by atoms with E-state index in [1.54, 1.807) is 24.3 Å². The summed E-state index contributed by atoms with van der Waals surface area (Å²) in [5, 5.41) is 23.1. The zero-order valence-corrected chi connectivity index (χ0v) is 16.2. The number of rotatable bonds is 3. The monoisotopic (exact) mass is 538 g/mol. The second-order valence-corrected chi connectivity index (χ2v) is 7.13. The molecule has 0 saturated heterocycles. The van der Waals surface area contributed by atoms with Gasteiger partial charge in [0.2, 0.25) is 0 Å². The van der Waals surface area contributed by atoms with E-state index in [1.165, 1.54) is 12.3 Å². The first-order valence-electron chi connectivity index (χ1n) is 5.88. The summed E-state index contributed by atoms with van der Waals surface area (Å²) in [6.07, 6.45) is 1.45. The summed E-state index contributed by atoms with van der Waals surface area (Å²) < 4.78 is 1.74. The molecule has 1 amide bonds. The molecule has 8 heteroatoms. The van der Waals surface area contributed by atoms with Crippen molar-refractivity contribution in [3.05, 3.63) is 54.0 Å². The minimum absolute atomic E-state index is 0.0960. The van der Waals surface area contributed by atoms with Crippen molar-refractivity contribution in [3.63, 3.8) is 0 Å². The summed E-state index contributed by atoms with van der Waals surface area (Å²) in [5.41, 5.74) is 3.16.